The zero-order chi connectivity index (χ0) is 35.8. The van der Waals surface area contributed by atoms with Gasteiger partial charge in [-0.05, 0) is 75.3 Å². The van der Waals surface area contributed by atoms with Crippen molar-refractivity contribution in [3.05, 3.63) is 66.5 Å². The lowest BCUT2D eigenvalue weighted by Crippen LogP contribution is -2.57. The number of anilines is 4. The van der Waals surface area contributed by atoms with Crippen molar-refractivity contribution in [3.8, 4) is 5.75 Å². The van der Waals surface area contributed by atoms with Crippen molar-refractivity contribution >= 4 is 34.5 Å². The maximum absolute atomic E-state index is 12.6. The number of piperazine rings is 1. The predicted octanol–water partition coefficient (Wildman–Crippen LogP) is 3.59. The van der Waals surface area contributed by atoms with E-state index in [1.165, 1.54) is 25.5 Å². The van der Waals surface area contributed by atoms with Gasteiger partial charge in [-0.3, -0.25) is 19.6 Å². The van der Waals surface area contributed by atoms with E-state index in [1.54, 1.807) is 13.2 Å². The Morgan fingerprint density at radius 1 is 1.08 bits per heavy atom. The first kappa shape index (κ1) is 37.0. The van der Waals surface area contributed by atoms with E-state index < -0.39 is 0 Å². The number of methoxy groups -OCH3 is 1. The molecule has 2 aliphatic heterocycles. The summed E-state index contributed by atoms with van der Waals surface area (Å²) >= 11 is 0. The van der Waals surface area contributed by atoms with Gasteiger partial charge in [-0.2, -0.15) is 0 Å². The zero-order valence-electron chi connectivity index (χ0n) is 30.3. The smallest absolute Gasteiger partial charge is 0.247 e. The van der Waals surface area contributed by atoms with E-state index in [-0.39, 0.29) is 30.2 Å². The molecule has 2 heterocycles. The van der Waals surface area contributed by atoms with E-state index in [9.17, 15) is 9.90 Å². The summed E-state index contributed by atoms with van der Waals surface area (Å²) in [6.45, 7) is 11.2. The topological polar surface area (TPSA) is 148 Å². The molecule has 1 amide bonds. The van der Waals surface area contributed by atoms with Gasteiger partial charge >= 0.3 is 0 Å². The highest BCUT2D eigenvalue weighted by molar-refractivity contribution is 6.02. The van der Waals surface area contributed by atoms with Crippen molar-refractivity contribution in [2.24, 2.45) is 16.5 Å². The standard InChI is InChI=1S/C38H57N9O3/c1-6-38(49)43-32-22-33(42-37(40)24-36(39)41-28(14-19-48)20-27-8-7-9-31(21-27)44(3)4)35(50-5)23-34(32)45-15-12-29(13-16-45)46-17-18-47(26(2)25-46)30-10-11-30/h6-9,21-24,26,28-30,42,48H,1,10-20,25,40H2,2-5H3,(H2,39,41)(H,43,49)/t26?,28-/m1/s1. The molecule has 2 aromatic carbocycles. The number of aliphatic hydroxyl groups is 1. The fourth-order valence-electron chi connectivity index (χ4n) is 7.33. The molecule has 5 rings (SSSR count). The number of carbonyl (C=O) groups is 1. The normalized spacial score (nSPS) is 20.3. The van der Waals surface area contributed by atoms with Crippen LogP contribution in [0, 0.1) is 0 Å². The van der Waals surface area contributed by atoms with Gasteiger partial charge in [0.1, 0.15) is 17.4 Å². The van der Waals surface area contributed by atoms with Gasteiger partial charge in [-0.25, -0.2) is 0 Å². The molecule has 3 fully saturated rings. The first-order chi connectivity index (χ1) is 24.1. The number of aliphatic imine (C=N–C) groups is 1. The molecule has 12 nitrogen and oxygen atoms in total. The summed E-state index contributed by atoms with van der Waals surface area (Å²) in [6, 6.07) is 13.8. The third-order valence-corrected chi connectivity index (χ3v) is 10.1. The Kier molecular flexibility index (Phi) is 12.7. The van der Waals surface area contributed by atoms with Gasteiger partial charge in [0, 0.05) is 89.4 Å². The van der Waals surface area contributed by atoms with E-state index in [4.69, 9.17) is 16.2 Å². The lowest BCUT2D eigenvalue weighted by molar-refractivity contribution is -0.111. The van der Waals surface area contributed by atoms with E-state index in [0.29, 0.717) is 42.0 Å². The van der Waals surface area contributed by atoms with Gasteiger partial charge in [-0.1, -0.05) is 18.7 Å². The first-order valence-electron chi connectivity index (χ1n) is 17.9. The molecule has 50 heavy (non-hydrogen) atoms. The fourth-order valence-corrected chi connectivity index (χ4v) is 7.33. The number of nitrogens with two attached hydrogens (primary N) is 2. The van der Waals surface area contributed by atoms with Crippen LogP contribution in [0.25, 0.3) is 0 Å². The number of nitrogens with zero attached hydrogens (tertiary/aromatic N) is 5. The molecule has 7 N–H and O–H groups in total. The van der Waals surface area contributed by atoms with Crippen LogP contribution in [0.5, 0.6) is 5.75 Å². The SMILES string of the molecule is C=CC(=O)Nc1cc(NC(N)=CC(N)=N[C@H](CCO)Cc2cccc(N(C)C)c2)c(OC)cc1N1CCC(N2CCN(C3CC3)C(C)C2)CC1. The molecule has 0 radical (unpaired) electrons. The summed E-state index contributed by atoms with van der Waals surface area (Å²) in [5.41, 5.74) is 17.1. The van der Waals surface area contributed by atoms with Crippen molar-refractivity contribution in [1.29, 1.82) is 0 Å². The Morgan fingerprint density at radius 2 is 1.84 bits per heavy atom. The maximum Gasteiger partial charge on any atom is 0.247 e. The van der Waals surface area contributed by atoms with Gasteiger partial charge in [-0.15, -0.1) is 0 Å². The van der Waals surface area contributed by atoms with E-state index >= 15 is 0 Å². The van der Waals surface area contributed by atoms with Crippen LogP contribution in [0.4, 0.5) is 22.7 Å². The molecule has 0 spiro atoms. The molecule has 1 aliphatic carbocycles. The third-order valence-electron chi connectivity index (χ3n) is 10.1. The molecule has 0 aromatic heterocycles. The molecule has 1 saturated carbocycles. The number of benzene rings is 2. The van der Waals surface area contributed by atoms with Crippen molar-refractivity contribution in [3.63, 3.8) is 0 Å². The van der Waals surface area contributed by atoms with Crippen LogP contribution in [0.2, 0.25) is 0 Å². The van der Waals surface area contributed by atoms with Gasteiger partial charge < -0.3 is 41.7 Å². The van der Waals surface area contributed by atoms with Crippen LogP contribution in [-0.4, -0.2) is 111 Å². The molecule has 2 saturated heterocycles. The van der Waals surface area contributed by atoms with Crippen LogP contribution < -0.4 is 36.6 Å². The number of piperidine rings is 1. The molecular formula is C38H57N9O3. The van der Waals surface area contributed by atoms with Crippen molar-refractivity contribution < 1.29 is 14.6 Å². The van der Waals surface area contributed by atoms with E-state index in [2.05, 4.69) is 49.9 Å². The summed E-state index contributed by atoms with van der Waals surface area (Å²) in [6.07, 6.45) is 8.74. The summed E-state index contributed by atoms with van der Waals surface area (Å²) < 4.78 is 5.81. The number of carbonyl (C=O) groups excluding carboxylic acids is 1. The number of hydrogen-bond acceptors (Lipinski definition) is 10. The van der Waals surface area contributed by atoms with Gasteiger partial charge in [0.05, 0.1) is 30.2 Å². The lowest BCUT2D eigenvalue weighted by atomic mass is 9.99. The molecule has 2 atom stereocenters. The summed E-state index contributed by atoms with van der Waals surface area (Å²) in [7, 11) is 5.61. The monoisotopic (exact) mass is 687 g/mol. The summed E-state index contributed by atoms with van der Waals surface area (Å²) in [5, 5.41) is 15.9. The third kappa shape index (κ3) is 9.70. The van der Waals surface area contributed by atoms with Crippen LogP contribution >= 0.6 is 0 Å². The number of rotatable bonds is 15. The van der Waals surface area contributed by atoms with Crippen molar-refractivity contribution in [2.75, 3.05) is 81.0 Å². The fraction of sp³-hybridized carbons (Fsp3) is 0.526. The second-order valence-corrected chi connectivity index (χ2v) is 14.0. The highest BCUT2D eigenvalue weighted by Gasteiger charge is 2.37. The highest BCUT2D eigenvalue weighted by Crippen LogP contribution is 2.39. The Balaban J connectivity index is 1.28. The van der Waals surface area contributed by atoms with Crippen LogP contribution in [0.15, 0.2) is 65.9 Å². The molecule has 3 aliphatic rings. The number of amides is 1. The second kappa shape index (κ2) is 17.1. The van der Waals surface area contributed by atoms with Gasteiger partial charge in [0.15, 0.2) is 0 Å². The number of aliphatic hydroxyl groups excluding tert-OH is 1. The molecule has 272 valence electrons. The summed E-state index contributed by atoms with van der Waals surface area (Å²) in [4.78, 5) is 27.0. The highest BCUT2D eigenvalue weighted by atomic mass is 16.5. The second-order valence-electron chi connectivity index (χ2n) is 14.0. The number of ether oxygens (including phenoxy) is 1. The molecule has 1 unspecified atom stereocenters. The van der Waals surface area contributed by atoms with Gasteiger partial charge in [0.2, 0.25) is 5.91 Å². The average Bonchev–Trinajstić information content (AvgIpc) is 3.94. The van der Waals surface area contributed by atoms with Crippen LogP contribution in [-0.2, 0) is 11.2 Å². The zero-order valence-corrected chi connectivity index (χ0v) is 30.3. The van der Waals surface area contributed by atoms with E-state index in [0.717, 1.165) is 62.0 Å². The molecular weight excluding hydrogens is 630 g/mol. The Bertz CT molecular complexity index is 1530. The Morgan fingerprint density at radius 3 is 2.48 bits per heavy atom. The van der Waals surface area contributed by atoms with Crippen LogP contribution in [0.1, 0.15) is 44.6 Å². The minimum absolute atomic E-state index is 0.0106. The van der Waals surface area contributed by atoms with E-state index in [1.807, 2.05) is 49.3 Å². The number of nitrogens with one attached hydrogen (secondary N) is 2. The van der Waals surface area contributed by atoms with Gasteiger partial charge in [0.25, 0.3) is 0 Å². The predicted molar refractivity (Wildman–Crippen MR) is 205 cm³/mol. The van der Waals surface area contributed by atoms with Crippen molar-refractivity contribution in [2.45, 2.75) is 69.6 Å². The lowest BCUT2D eigenvalue weighted by Gasteiger charge is -2.46. The minimum atomic E-state index is -0.300. The average molecular weight is 688 g/mol. The summed E-state index contributed by atoms with van der Waals surface area (Å²) in [5.74, 6) is 0.770. The largest absolute Gasteiger partial charge is 0.494 e. The maximum atomic E-state index is 12.6. The first-order valence-corrected chi connectivity index (χ1v) is 17.9. The Labute approximate surface area is 297 Å². The molecule has 0 bridgehead atoms. The number of hydrogen-bond donors (Lipinski definition) is 5. The quantitative estimate of drug-likeness (QED) is 0.107. The van der Waals surface area contributed by atoms with Crippen molar-refractivity contribution in [1.82, 2.24) is 9.80 Å². The minimum Gasteiger partial charge on any atom is -0.494 e. The molecule has 2 aromatic rings. The Hall–Kier alpha value is -4.26. The molecule has 12 heteroatoms. The number of amidine groups is 1. The van der Waals surface area contributed by atoms with Crippen LogP contribution in [0.3, 0.4) is 0 Å².